The fraction of sp³-hybridized carbons (Fsp3) is 0.286. The van der Waals surface area contributed by atoms with Crippen molar-refractivity contribution in [3.63, 3.8) is 0 Å². The maximum atomic E-state index is 11.7. The first-order valence-corrected chi connectivity index (χ1v) is 6.18. The number of carbonyl (C=O) groups is 1. The number of aromatic nitrogens is 1. The van der Waals surface area contributed by atoms with Gasteiger partial charge in [0.15, 0.2) is 5.69 Å². The van der Waals surface area contributed by atoms with E-state index in [9.17, 15) is 4.79 Å². The summed E-state index contributed by atoms with van der Waals surface area (Å²) in [6, 6.07) is 11.8. The lowest BCUT2D eigenvalue weighted by Gasteiger charge is -2.14. The van der Waals surface area contributed by atoms with Crippen molar-refractivity contribution in [2.24, 2.45) is 0 Å². The SMILES string of the molecule is Cc1cc(C(=O)NN[C@H](C)Cc2ccccc2)no1. The standard InChI is InChI=1S/C14H17N3O2/c1-10(8-12-6-4-3-5-7-12)15-16-14(18)13-9-11(2)19-17-13/h3-7,9-10,15H,8H2,1-2H3,(H,16,18)/t10-/m1/s1. The lowest BCUT2D eigenvalue weighted by Crippen LogP contribution is -2.44. The Kier molecular flexibility index (Phi) is 4.30. The molecule has 0 aliphatic heterocycles. The van der Waals surface area contributed by atoms with Crippen LogP contribution in [0.4, 0.5) is 0 Å². The van der Waals surface area contributed by atoms with Crippen LogP contribution < -0.4 is 10.9 Å². The number of hydrogen-bond donors (Lipinski definition) is 2. The first-order valence-electron chi connectivity index (χ1n) is 6.18. The molecule has 0 spiro atoms. The quantitative estimate of drug-likeness (QED) is 0.804. The summed E-state index contributed by atoms with van der Waals surface area (Å²) >= 11 is 0. The number of carbonyl (C=O) groups excluding carboxylic acids is 1. The van der Waals surface area contributed by atoms with E-state index in [-0.39, 0.29) is 17.6 Å². The van der Waals surface area contributed by atoms with E-state index >= 15 is 0 Å². The molecule has 1 atom stereocenters. The van der Waals surface area contributed by atoms with Crippen LogP contribution in [0.3, 0.4) is 0 Å². The second-order valence-corrected chi connectivity index (χ2v) is 4.51. The fourth-order valence-corrected chi connectivity index (χ4v) is 1.74. The first-order chi connectivity index (χ1) is 9.15. The minimum atomic E-state index is -0.295. The van der Waals surface area contributed by atoms with Gasteiger partial charge in [0.1, 0.15) is 5.76 Å². The summed E-state index contributed by atoms with van der Waals surface area (Å²) in [6.45, 7) is 3.75. The van der Waals surface area contributed by atoms with Crippen molar-refractivity contribution in [2.45, 2.75) is 26.3 Å². The number of nitrogens with zero attached hydrogens (tertiary/aromatic N) is 1. The van der Waals surface area contributed by atoms with E-state index in [1.54, 1.807) is 13.0 Å². The Hall–Kier alpha value is -2.14. The lowest BCUT2D eigenvalue weighted by atomic mass is 10.1. The molecule has 19 heavy (non-hydrogen) atoms. The molecule has 1 amide bonds. The van der Waals surface area contributed by atoms with Crippen molar-refractivity contribution >= 4 is 5.91 Å². The minimum absolute atomic E-state index is 0.124. The van der Waals surface area contributed by atoms with Gasteiger partial charge in [0, 0.05) is 12.1 Å². The molecule has 1 aromatic heterocycles. The summed E-state index contributed by atoms with van der Waals surface area (Å²) in [7, 11) is 0. The normalized spacial score (nSPS) is 12.1. The second-order valence-electron chi connectivity index (χ2n) is 4.51. The molecule has 0 unspecified atom stereocenters. The van der Waals surface area contributed by atoms with Crippen LogP contribution in [0.5, 0.6) is 0 Å². The predicted octanol–water partition coefficient (Wildman–Crippen LogP) is 1.85. The molecular formula is C14H17N3O2. The molecule has 1 aromatic carbocycles. The van der Waals surface area contributed by atoms with E-state index in [0.29, 0.717) is 5.76 Å². The Morgan fingerprint density at radius 1 is 1.37 bits per heavy atom. The maximum Gasteiger partial charge on any atom is 0.287 e. The molecular weight excluding hydrogens is 242 g/mol. The Morgan fingerprint density at radius 2 is 2.11 bits per heavy atom. The van der Waals surface area contributed by atoms with E-state index in [0.717, 1.165) is 6.42 Å². The van der Waals surface area contributed by atoms with E-state index in [1.165, 1.54) is 5.56 Å². The Labute approximate surface area is 112 Å². The van der Waals surface area contributed by atoms with Crippen LogP contribution in [-0.2, 0) is 6.42 Å². The summed E-state index contributed by atoms with van der Waals surface area (Å²) in [5, 5.41) is 3.65. The average molecular weight is 259 g/mol. The number of aryl methyl sites for hydroxylation is 1. The number of nitrogens with one attached hydrogen (secondary N) is 2. The largest absolute Gasteiger partial charge is 0.361 e. The van der Waals surface area contributed by atoms with Gasteiger partial charge in [-0.05, 0) is 25.8 Å². The minimum Gasteiger partial charge on any atom is -0.361 e. The highest BCUT2D eigenvalue weighted by Gasteiger charge is 2.11. The molecule has 0 bridgehead atoms. The zero-order valence-electron chi connectivity index (χ0n) is 11.0. The lowest BCUT2D eigenvalue weighted by molar-refractivity contribution is 0.0917. The van der Waals surface area contributed by atoms with Gasteiger partial charge in [-0.3, -0.25) is 10.2 Å². The van der Waals surface area contributed by atoms with Gasteiger partial charge in [0.25, 0.3) is 5.91 Å². The molecule has 2 N–H and O–H groups in total. The molecule has 0 saturated heterocycles. The van der Waals surface area contributed by atoms with Gasteiger partial charge in [0.05, 0.1) is 0 Å². The summed E-state index contributed by atoms with van der Waals surface area (Å²) in [5.74, 6) is 0.319. The van der Waals surface area contributed by atoms with Gasteiger partial charge >= 0.3 is 0 Å². The smallest absolute Gasteiger partial charge is 0.287 e. The van der Waals surface area contributed by atoms with Crippen molar-refractivity contribution in [1.29, 1.82) is 0 Å². The van der Waals surface area contributed by atoms with Crippen molar-refractivity contribution in [2.75, 3.05) is 0 Å². The number of hydrazine groups is 1. The van der Waals surface area contributed by atoms with E-state index in [2.05, 4.69) is 28.1 Å². The van der Waals surface area contributed by atoms with Crippen molar-refractivity contribution in [1.82, 2.24) is 16.0 Å². The highest BCUT2D eigenvalue weighted by molar-refractivity contribution is 5.91. The van der Waals surface area contributed by atoms with Gasteiger partial charge in [-0.25, -0.2) is 5.43 Å². The van der Waals surface area contributed by atoms with Crippen LogP contribution in [0, 0.1) is 6.92 Å². The second kappa shape index (κ2) is 6.15. The molecule has 1 heterocycles. The zero-order chi connectivity index (χ0) is 13.7. The Bertz CT molecular complexity index is 537. The third-order valence-corrected chi connectivity index (χ3v) is 2.68. The first kappa shape index (κ1) is 13.3. The summed E-state index contributed by atoms with van der Waals surface area (Å²) in [6.07, 6.45) is 0.832. The number of rotatable bonds is 5. The average Bonchev–Trinajstić information content (AvgIpc) is 2.84. The molecule has 5 nitrogen and oxygen atoms in total. The number of hydrogen-bond acceptors (Lipinski definition) is 4. The number of amides is 1. The molecule has 2 rings (SSSR count). The third kappa shape index (κ3) is 3.93. The fourth-order valence-electron chi connectivity index (χ4n) is 1.74. The zero-order valence-corrected chi connectivity index (χ0v) is 11.0. The van der Waals surface area contributed by atoms with Crippen LogP contribution in [-0.4, -0.2) is 17.1 Å². The molecule has 2 aromatic rings. The van der Waals surface area contributed by atoms with Gasteiger partial charge < -0.3 is 4.52 Å². The number of benzene rings is 1. The van der Waals surface area contributed by atoms with Crippen LogP contribution in [0.2, 0.25) is 0 Å². The predicted molar refractivity (Wildman–Crippen MR) is 71.4 cm³/mol. The van der Waals surface area contributed by atoms with Gasteiger partial charge in [-0.15, -0.1) is 0 Å². The van der Waals surface area contributed by atoms with Gasteiger partial charge in [0.2, 0.25) is 0 Å². The maximum absolute atomic E-state index is 11.7. The third-order valence-electron chi connectivity index (χ3n) is 2.68. The summed E-state index contributed by atoms with van der Waals surface area (Å²) in [4.78, 5) is 11.7. The molecule has 100 valence electrons. The van der Waals surface area contributed by atoms with E-state index < -0.39 is 0 Å². The van der Waals surface area contributed by atoms with Crippen molar-refractivity contribution in [3.05, 3.63) is 53.4 Å². The van der Waals surface area contributed by atoms with Gasteiger partial charge in [-0.2, -0.15) is 0 Å². The van der Waals surface area contributed by atoms with Crippen LogP contribution in [0.25, 0.3) is 0 Å². The molecule has 0 aliphatic rings. The highest BCUT2D eigenvalue weighted by atomic mass is 16.5. The van der Waals surface area contributed by atoms with Gasteiger partial charge in [-0.1, -0.05) is 35.5 Å². The van der Waals surface area contributed by atoms with Crippen molar-refractivity contribution in [3.8, 4) is 0 Å². The summed E-state index contributed by atoms with van der Waals surface area (Å²) < 4.78 is 4.85. The highest BCUT2D eigenvalue weighted by Crippen LogP contribution is 2.03. The van der Waals surface area contributed by atoms with Crippen LogP contribution in [0.1, 0.15) is 28.7 Å². The molecule has 0 radical (unpaired) electrons. The Morgan fingerprint density at radius 3 is 2.74 bits per heavy atom. The van der Waals surface area contributed by atoms with Crippen LogP contribution in [0.15, 0.2) is 40.9 Å². The van der Waals surface area contributed by atoms with E-state index in [4.69, 9.17) is 4.52 Å². The molecule has 0 aliphatic carbocycles. The topological polar surface area (TPSA) is 67.2 Å². The van der Waals surface area contributed by atoms with E-state index in [1.807, 2.05) is 25.1 Å². The molecule has 0 fully saturated rings. The van der Waals surface area contributed by atoms with Crippen LogP contribution >= 0.6 is 0 Å². The van der Waals surface area contributed by atoms with Crippen molar-refractivity contribution < 1.29 is 9.32 Å². The Balaban J connectivity index is 1.80. The molecule has 5 heteroatoms. The summed E-state index contributed by atoms with van der Waals surface area (Å²) in [5.41, 5.74) is 7.07. The molecule has 0 saturated carbocycles. The monoisotopic (exact) mass is 259 g/mol.